The van der Waals surface area contributed by atoms with Crippen molar-refractivity contribution in [2.45, 2.75) is 25.7 Å². The van der Waals surface area contributed by atoms with Gasteiger partial charge in [0.2, 0.25) is 5.91 Å². The zero-order chi connectivity index (χ0) is 19.9. The van der Waals surface area contributed by atoms with Crippen LogP contribution in [0.15, 0.2) is 72.4 Å². The topological polar surface area (TPSA) is 54.9 Å². The summed E-state index contributed by atoms with van der Waals surface area (Å²) < 4.78 is 0. The lowest BCUT2D eigenvalue weighted by Crippen LogP contribution is -2.24. The van der Waals surface area contributed by atoms with E-state index in [2.05, 4.69) is 51.0 Å². The molecular formula is C24H23N3OS. The number of amides is 1. The van der Waals surface area contributed by atoms with Crippen LogP contribution in [0.3, 0.4) is 0 Å². The van der Waals surface area contributed by atoms with Crippen LogP contribution in [0.4, 0.5) is 0 Å². The average molecular weight is 402 g/mol. The van der Waals surface area contributed by atoms with Crippen LogP contribution in [0, 0.1) is 0 Å². The van der Waals surface area contributed by atoms with Crippen LogP contribution >= 0.6 is 11.3 Å². The molecule has 0 bridgehead atoms. The van der Waals surface area contributed by atoms with Crippen molar-refractivity contribution in [3.63, 3.8) is 0 Å². The third kappa shape index (κ3) is 5.27. The number of thiazole rings is 1. The number of aryl methyl sites for hydroxylation is 2. The highest BCUT2D eigenvalue weighted by atomic mass is 32.1. The molecule has 4 rings (SSSR count). The monoisotopic (exact) mass is 401 g/mol. The molecule has 0 radical (unpaired) electrons. The molecule has 2 heterocycles. The fourth-order valence-electron chi connectivity index (χ4n) is 3.29. The molecule has 1 N–H and O–H groups in total. The predicted molar refractivity (Wildman–Crippen MR) is 119 cm³/mol. The highest BCUT2D eigenvalue weighted by Crippen LogP contribution is 2.21. The Morgan fingerprint density at radius 3 is 2.66 bits per heavy atom. The maximum Gasteiger partial charge on any atom is 0.220 e. The molecular weight excluding hydrogens is 378 g/mol. The van der Waals surface area contributed by atoms with Crippen LogP contribution in [0.5, 0.6) is 0 Å². The molecule has 2 aromatic carbocycles. The molecule has 146 valence electrons. The third-order valence-electron chi connectivity index (χ3n) is 4.87. The molecule has 29 heavy (non-hydrogen) atoms. The largest absolute Gasteiger partial charge is 0.356 e. The summed E-state index contributed by atoms with van der Waals surface area (Å²) in [5, 5.41) is 8.66. The first-order valence-corrected chi connectivity index (χ1v) is 10.7. The predicted octanol–water partition coefficient (Wildman–Crippen LogP) is 5.04. The van der Waals surface area contributed by atoms with E-state index >= 15 is 0 Å². The van der Waals surface area contributed by atoms with Gasteiger partial charge in [-0.2, -0.15) is 0 Å². The fourth-order valence-corrected chi connectivity index (χ4v) is 4.14. The average Bonchev–Trinajstić information content (AvgIpc) is 3.25. The Balaban J connectivity index is 1.19. The van der Waals surface area contributed by atoms with Crippen LogP contribution in [-0.2, 0) is 17.6 Å². The van der Waals surface area contributed by atoms with Gasteiger partial charge >= 0.3 is 0 Å². The Hall–Kier alpha value is -3.05. The second kappa shape index (κ2) is 9.43. The Labute approximate surface area is 174 Å². The molecule has 1 amide bonds. The number of carbonyl (C=O) groups excluding carboxylic acids is 1. The van der Waals surface area contributed by atoms with E-state index in [9.17, 15) is 4.79 Å². The molecule has 2 aromatic heterocycles. The standard InChI is InChI=1S/C24H23N3OS/c28-23(10-8-18-7-9-19-4-1-2-5-21(19)16-18)26-13-3-6-24-27-22(17-29-24)20-11-14-25-15-12-20/h1-2,4-5,7,9,11-12,14-17H,3,6,8,10,13H2,(H,26,28). The van der Waals surface area contributed by atoms with Crippen LogP contribution < -0.4 is 5.32 Å². The number of aromatic nitrogens is 2. The maximum atomic E-state index is 12.2. The molecule has 0 aliphatic heterocycles. The zero-order valence-corrected chi connectivity index (χ0v) is 17.0. The molecule has 0 saturated carbocycles. The Bertz CT molecular complexity index is 1090. The van der Waals surface area contributed by atoms with Crippen molar-refractivity contribution in [2.75, 3.05) is 6.54 Å². The number of nitrogens with one attached hydrogen (secondary N) is 1. The van der Waals surface area contributed by atoms with Gasteiger partial charge in [-0.15, -0.1) is 11.3 Å². The van der Waals surface area contributed by atoms with Crippen molar-refractivity contribution in [3.05, 3.63) is 82.9 Å². The van der Waals surface area contributed by atoms with E-state index in [1.807, 2.05) is 24.3 Å². The second-order valence-electron chi connectivity index (χ2n) is 7.00. The summed E-state index contributed by atoms with van der Waals surface area (Å²) in [5.74, 6) is 0.106. The van der Waals surface area contributed by atoms with E-state index in [-0.39, 0.29) is 5.91 Å². The van der Waals surface area contributed by atoms with Gasteiger partial charge < -0.3 is 5.32 Å². The number of rotatable bonds is 8. The minimum absolute atomic E-state index is 0.106. The van der Waals surface area contributed by atoms with Crippen molar-refractivity contribution in [1.29, 1.82) is 0 Å². The molecule has 0 spiro atoms. The van der Waals surface area contributed by atoms with Gasteiger partial charge in [-0.3, -0.25) is 9.78 Å². The fraction of sp³-hybridized carbons (Fsp3) is 0.208. The van der Waals surface area contributed by atoms with Gasteiger partial charge in [-0.05, 0) is 41.3 Å². The van der Waals surface area contributed by atoms with E-state index < -0.39 is 0 Å². The van der Waals surface area contributed by atoms with Crippen molar-refractivity contribution in [3.8, 4) is 11.3 Å². The van der Waals surface area contributed by atoms with Crippen molar-refractivity contribution in [1.82, 2.24) is 15.3 Å². The molecule has 0 unspecified atom stereocenters. The number of hydrogen-bond donors (Lipinski definition) is 1. The van der Waals surface area contributed by atoms with Crippen molar-refractivity contribution >= 4 is 28.0 Å². The van der Waals surface area contributed by atoms with Crippen LogP contribution in [0.2, 0.25) is 0 Å². The van der Waals surface area contributed by atoms with Crippen molar-refractivity contribution < 1.29 is 4.79 Å². The molecule has 0 saturated heterocycles. The lowest BCUT2D eigenvalue weighted by Gasteiger charge is -2.06. The van der Waals surface area contributed by atoms with E-state index in [1.165, 1.54) is 16.3 Å². The minimum Gasteiger partial charge on any atom is -0.356 e. The first kappa shape index (κ1) is 19.3. The van der Waals surface area contributed by atoms with Crippen LogP contribution in [0.1, 0.15) is 23.4 Å². The van der Waals surface area contributed by atoms with Gasteiger partial charge in [0.05, 0.1) is 10.7 Å². The summed E-state index contributed by atoms with van der Waals surface area (Å²) in [4.78, 5) is 20.9. The summed E-state index contributed by atoms with van der Waals surface area (Å²) in [5.41, 5.74) is 3.28. The first-order chi connectivity index (χ1) is 14.3. The lowest BCUT2D eigenvalue weighted by atomic mass is 10.0. The molecule has 5 heteroatoms. The van der Waals surface area contributed by atoms with Gasteiger partial charge in [-0.1, -0.05) is 42.5 Å². The number of hydrogen-bond acceptors (Lipinski definition) is 4. The highest BCUT2D eigenvalue weighted by Gasteiger charge is 2.06. The van der Waals surface area contributed by atoms with Gasteiger partial charge in [0.1, 0.15) is 0 Å². The zero-order valence-electron chi connectivity index (χ0n) is 16.2. The number of nitrogens with zero attached hydrogens (tertiary/aromatic N) is 2. The normalized spacial score (nSPS) is 10.9. The number of pyridine rings is 1. The number of fused-ring (bicyclic) bond motifs is 1. The van der Waals surface area contributed by atoms with Gasteiger partial charge in [-0.25, -0.2) is 4.98 Å². The molecule has 0 fully saturated rings. The number of carbonyl (C=O) groups is 1. The molecule has 4 nitrogen and oxygen atoms in total. The summed E-state index contributed by atoms with van der Waals surface area (Å²) in [6.45, 7) is 0.681. The van der Waals surface area contributed by atoms with Crippen LogP contribution in [-0.4, -0.2) is 22.4 Å². The SMILES string of the molecule is O=C(CCc1ccc2ccccc2c1)NCCCc1nc(-c2ccncc2)cs1. The van der Waals surface area contributed by atoms with E-state index in [0.717, 1.165) is 35.5 Å². The summed E-state index contributed by atoms with van der Waals surface area (Å²) in [7, 11) is 0. The van der Waals surface area contributed by atoms with Crippen molar-refractivity contribution in [2.24, 2.45) is 0 Å². The molecule has 0 aliphatic carbocycles. The highest BCUT2D eigenvalue weighted by molar-refractivity contribution is 7.09. The third-order valence-corrected chi connectivity index (χ3v) is 5.78. The maximum absolute atomic E-state index is 12.2. The van der Waals surface area contributed by atoms with Crippen LogP contribution in [0.25, 0.3) is 22.0 Å². The Kier molecular flexibility index (Phi) is 6.27. The lowest BCUT2D eigenvalue weighted by molar-refractivity contribution is -0.121. The number of benzene rings is 2. The molecule has 4 aromatic rings. The quantitative estimate of drug-likeness (QED) is 0.421. The summed E-state index contributed by atoms with van der Waals surface area (Å²) >= 11 is 1.67. The smallest absolute Gasteiger partial charge is 0.220 e. The first-order valence-electron chi connectivity index (χ1n) is 9.87. The minimum atomic E-state index is 0.106. The van der Waals surface area contributed by atoms with Gasteiger partial charge in [0.15, 0.2) is 0 Å². The molecule has 0 atom stereocenters. The Morgan fingerprint density at radius 1 is 0.966 bits per heavy atom. The van der Waals surface area contributed by atoms with E-state index in [1.54, 1.807) is 23.7 Å². The Morgan fingerprint density at radius 2 is 1.79 bits per heavy atom. The van der Waals surface area contributed by atoms with Gasteiger partial charge in [0.25, 0.3) is 0 Å². The second-order valence-corrected chi connectivity index (χ2v) is 7.94. The summed E-state index contributed by atoms with van der Waals surface area (Å²) in [6, 6.07) is 18.6. The van der Waals surface area contributed by atoms with E-state index in [4.69, 9.17) is 0 Å². The molecule has 0 aliphatic rings. The van der Waals surface area contributed by atoms with Gasteiger partial charge in [0, 0.05) is 42.7 Å². The van der Waals surface area contributed by atoms with E-state index in [0.29, 0.717) is 13.0 Å². The summed E-state index contributed by atoms with van der Waals surface area (Å²) in [6.07, 6.45) is 6.61.